The molecule has 4 N–H and O–H groups in total. The number of fused-ring (bicyclic) bond motifs is 1. The van der Waals surface area contributed by atoms with Crippen LogP contribution in [0.4, 0.5) is 0 Å². The van der Waals surface area contributed by atoms with Gasteiger partial charge >= 0.3 is 5.97 Å². The second-order valence-corrected chi connectivity index (χ2v) is 13.5. The van der Waals surface area contributed by atoms with E-state index in [0.29, 0.717) is 29.9 Å². The highest BCUT2D eigenvalue weighted by molar-refractivity contribution is 5.99. The smallest absolute Gasteiger partial charge is 0.305 e. The van der Waals surface area contributed by atoms with Gasteiger partial charge in [0.05, 0.1) is 20.0 Å². The molecule has 6 rings (SSSR count). The van der Waals surface area contributed by atoms with Gasteiger partial charge in [-0.2, -0.15) is 0 Å². The van der Waals surface area contributed by atoms with Gasteiger partial charge in [-0.1, -0.05) is 78.9 Å². The molecule has 12 nitrogen and oxygen atoms in total. The predicted molar refractivity (Wildman–Crippen MR) is 201 cm³/mol. The van der Waals surface area contributed by atoms with Gasteiger partial charge in [-0.05, 0) is 65.3 Å². The molecule has 0 radical (unpaired) electrons. The number of ether oxygens (including phenoxy) is 1. The highest BCUT2D eigenvalue weighted by Crippen LogP contribution is 2.41. The van der Waals surface area contributed by atoms with E-state index in [1.54, 1.807) is 31.6 Å². The summed E-state index contributed by atoms with van der Waals surface area (Å²) >= 11 is 0. The molecule has 1 fully saturated rings. The summed E-state index contributed by atoms with van der Waals surface area (Å²) in [6.45, 7) is 0. The molecule has 4 aromatic rings. The number of carboxylic acids is 1. The van der Waals surface area contributed by atoms with Crippen LogP contribution in [-0.2, 0) is 43.2 Å². The van der Waals surface area contributed by atoms with E-state index in [1.165, 1.54) is 4.90 Å². The van der Waals surface area contributed by atoms with Crippen molar-refractivity contribution < 1.29 is 33.8 Å². The van der Waals surface area contributed by atoms with Crippen LogP contribution in [0.25, 0.3) is 5.57 Å². The Morgan fingerprint density at radius 2 is 1.56 bits per heavy atom. The van der Waals surface area contributed by atoms with Crippen LogP contribution in [0.1, 0.15) is 47.9 Å². The Balaban J connectivity index is 1.26. The van der Waals surface area contributed by atoms with Crippen LogP contribution in [0.2, 0.25) is 0 Å². The van der Waals surface area contributed by atoms with E-state index < -0.39 is 47.9 Å². The molecule has 2 aliphatic heterocycles. The average molecular weight is 730 g/mol. The van der Waals surface area contributed by atoms with Crippen molar-refractivity contribution in [1.82, 2.24) is 25.8 Å². The van der Waals surface area contributed by atoms with Gasteiger partial charge in [-0.15, -0.1) is 0 Å². The van der Waals surface area contributed by atoms with Crippen molar-refractivity contribution in [3.63, 3.8) is 0 Å². The molecule has 2 aliphatic rings. The Morgan fingerprint density at radius 1 is 0.870 bits per heavy atom. The molecule has 0 unspecified atom stereocenters. The third-order valence-corrected chi connectivity index (χ3v) is 9.72. The second-order valence-electron chi connectivity index (χ2n) is 13.5. The maximum absolute atomic E-state index is 14.3. The van der Waals surface area contributed by atoms with E-state index in [4.69, 9.17) is 4.74 Å². The Morgan fingerprint density at radius 3 is 2.20 bits per heavy atom. The zero-order chi connectivity index (χ0) is 38.0. The maximum Gasteiger partial charge on any atom is 0.305 e. The summed E-state index contributed by atoms with van der Waals surface area (Å²) in [6, 6.07) is 25.7. The van der Waals surface area contributed by atoms with Crippen molar-refractivity contribution in [3.05, 3.63) is 137 Å². The summed E-state index contributed by atoms with van der Waals surface area (Å²) in [6.07, 6.45) is 4.28. The minimum atomic E-state index is -1.11. The van der Waals surface area contributed by atoms with E-state index in [2.05, 4.69) is 20.9 Å². The number of nitrogens with one attached hydrogen (secondary N) is 3. The van der Waals surface area contributed by atoms with Crippen molar-refractivity contribution in [1.29, 1.82) is 0 Å². The first-order valence-electron chi connectivity index (χ1n) is 18.0. The molecule has 0 spiro atoms. The number of carboxylic acid groups (broad SMARTS) is 1. The number of aromatic nitrogens is 1. The monoisotopic (exact) mass is 729 g/mol. The van der Waals surface area contributed by atoms with E-state index in [1.807, 2.05) is 84.9 Å². The fourth-order valence-electron chi connectivity index (χ4n) is 7.15. The van der Waals surface area contributed by atoms with Gasteiger partial charge in [0.1, 0.15) is 23.9 Å². The number of amides is 4. The quantitative estimate of drug-likeness (QED) is 0.143. The first kappa shape index (κ1) is 37.5. The van der Waals surface area contributed by atoms with Crippen molar-refractivity contribution in [2.75, 3.05) is 7.11 Å². The Kier molecular flexibility index (Phi) is 12.1. The van der Waals surface area contributed by atoms with Gasteiger partial charge in [0.25, 0.3) is 0 Å². The minimum absolute atomic E-state index is 0.0785. The summed E-state index contributed by atoms with van der Waals surface area (Å²) < 4.78 is 5.35. The van der Waals surface area contributed by atoms with Crippen LogP contribution >= 0.6 is 0 Å². The third-order valence-electron chi connectivity index (χ3n) is 9.72. The Hall–Kier alpha value is -6.30. The number of methoxy groups -OCH3 is 1. The zero-order valence-electron chi connectivity index (χ0n) is 29.9. The summed E-state index contributed by atoms with van der Waals surface area (Å²) in [7, 11) is 1.58. The van der Waals surface area contributed by atoms with Gasteiger partial charge in [-0.25, -0.2) is 0 Å². The van der Waals surface area contributed by atoms with Crippen molar-refractivity contribution in [3.8, 4) is 5.75 Å². The third kappa shape index (κ3) is 9.37. The molecule has 1 aromatic heterocycles. The second kappa shape index (κ2) is 17.5. The molecule has 4 atom stereocenters. The van der Waals surface area contributed by atoms with E-state index in [9.17, 15) is 29.1 Å². The average Bonchev–Trinajstić information content (AvgIpc) is 3.63. The van der Waals surface area contributed by atoms with Crippen LogP contribution in [0.5, 0.6) is 5.75 Å². The first-order chi connectivity index (χ1) is 26.2. The Bertz CT molecular complexity index is 1990. The summed E-state index contributed by atoms with van der Waals surface area (Å²) in [5.74, 6) is -2.23. The summed E-state index contributed by atoms with van der Waals surface area (Å²) in [4.78, 5) is 73.2. The highest BCUT2D eigenvalue weighted by Gasteiger charge is 2.46. The van der Waals surface area contributed by atoms with Crippen LogP contribution < -0.4 is 20.7 Å². The van der Waals surface area contributed by atoms with Gasteiger partial charge < -0.3 is 30.7 Å². The molecule has 278 valence electrons. The van der Waals surface area contributed by atoms with E-state index in [0.717, 1.165) is 22.3 Å². The van der Waals surface area contributed by atoms with Crippen molar-refractivity contribution >= 4 is 35.2 Å². The standard InChI is InChI=1S/C42H43N5O7/c1-54-32-16-14-30(15-17-32)33-25-35(45-38(48)23-28-11-6-3-7-12-28)42(53)47-36(33)18-19-37(47)41(52)46-34(22-29-13-8-20-43-26-29)40(51)44-31(24-39(49)50)21-27-9-4-2-5-10-27/h2-17,20,26,31,34-35,37H,18-19,21-25H2,1H3,(H,44,51)(H,45,48)(H,46,52)(H,49,50)/t31-,34-,35-,37-/m0/s1. The lowest BCUT2D eigenvalue weighted by atomic mass is 9.91. The topological polar surface area (TPSA) is 167 Å². The molecule has 0 saturated carbocycles. The fraction of sp³-hybridized carbons (Fsp3) is 0.286. The van der Waals surface area contributed by atoms with Gasteiger partial charge in [0.15, 0.2) is 0 Å². The van der Waals surface area contributed by atoms with E-state index >= 15 is 0 Å². The predicted octanol–water partition coefficient (Wildman–Crippen LogP) is 3.85. The highest BCUT2D eigenvalue weighted by atomic mass is 16.5. The van der Waals surface area contributed by atoms with Crippen LogP contribution in [0.15, 0.2) is 115 Å². The van der Waals surface area contributed by atoms with Gasteiger partial charge in [0, 0.05) is 37.0 Å². The SMILES string of the molecule is COc1ccc(C2=C3CC[C@@H](C(=O)N[C@@H](Cc4cccnc4)C(=O)N[C@H](CC(=O)O)Cc4ccccc4)N3C(=O)[C@@H](NC(=O)Cc3ccccc3)C2)cc1. The molecular formula is C42H43N5O7. The molecule has 3 heterocycles. The molecule has 0 aliphatic carbocycles. The van der Waals surface area contributed by atoms with Crippen LogP contribution in [-0.4, -0.2) is 75.9 Å². The number of benzene rings is 3. The number of hydrogen-bond donors (Lipinski definition) is 4. The Labute approximate surface area is 313 Å². The molecular weight excluding hydrogens is 686 g/mol. The maximum atomic E-state index is 14.3. The number of pyridine rings is 1. The number of carbonyl (C=O) groups is 5. The molecule has 1 saturated heterocycles. The number of nitrogens with zero attached hydrogens (tertiary/aromatic N) is 2. The fourth-order valence-corrected chi connectivity index (χ4v) is 7.15. The molecule has 3 aromatic carbocycles. The van der Waals surface area contributed by atoms with Crippen molar-refractivity contribution in [2.24, 2.45) is 0 Å². The van der Waals surface area contributed by atoms with Crippen LogP contribution in [0.3, 0.4) is 0 Å². The summed E-state index contributed by atoms with van der Waals surface area (Å²) in [5.41, 5.74) is 4.69. The van der Waals surface area contributed by atoms with Crippen LogP contribution in [0, 0.1) is 0 Å². The zero-order valence-corrected chi connectivity index (χ0v) is 29.9. The minimum Gasteiger partial charge on any atom is -0.497 e. The lowest BCUT2D eigenvalue weighted by Gasteiger charge is -2.36. The van der Waals surface area contributed by atoms with E-state index in [-0.39, 0.29) is 38.0 Å². The molecule has 12 heteroatoms. The molecule has 4 amide bonds. The van der Waals surface area contributed by atoms with Gasteiger partial charge in [-0.3, -0.25) is 29.0 Å². The number of allylic oxidation sites excluding steroid dienone is 1. The summed E-state index contributed by atoms with van der Waals surface area (Å²) in [5, 5.41) is 18.3. The first-order valence-corrected chi connectivity index (χ1v) is 18.0. The number of hydrogen-bond acceptors (Lipinski definition) is 7. The molecule has 54 heavy (non-hydrogen) atoms. The number of rotatable bonds is 15. The normalized spacial score (nSPS) is 17.6. The lowest BCUT2D eigenvalue weighted by Crippen LogP contribution is -2.58. The largest absolute Gasteiger partial charge is 0.497 e. The van der Waals surface area contributed by atoms with Crippen molar-refractivity contribution in [2.45, 2.75) is 69.1 Å². The van der Waals surface area contributed by atoms with Gasteiger partial charge in [0.2, 0.25) is 23.6 Å². The number of aliphatic carboxylic acids is 1. The lowest BCUT2D eigenvalue weighted by molar-refractivity contribution is -0.141. The number of carbonyl (C=O) groups excluding carboxylic acids is 4. The molecule has 0 bridgehead atoms.